The first-order valence-electron chi connectivity index (χ1n) is 10.6. The second-order valence-corrected chi connectivity index (χ2v) is 8.68. The van der Waals surface area contributed by atoms with Crippen molar-refractivity contribution >= 4 is 5.91 Å². The van der Waals surface area contributed by atoms with Gasteiger partial charge in [0.15, 0.2) is 0 Å². The monoisotopic (exact) mass is 361 g/mol. The summed E-state index contributed by atoms with van der Waals surface area (Å²) in [5.74, 6) is 1.30. The van der Waals surface area contributed by atoms with Crippen LogP contribution in [0.2, 0.25) is 0 Å². The number of nitrogens with two attached hydrogens (primary N) is 1. The van der Waals surface area contributed by atoms with Crippen LogP contribution in [0.3, 0.4) is 0 Å². The number of primary amides is 1. The standard InChI is InChI=1S/C22H35NO3/c23-22(26)9-5-4-6-15-12-17-14-21(25)18(19(17)13-15)10-11-20(24)16-7-2-1-3-8-16/h10-12,16-21,24-25H,1-9,13-14H2,(H2,23,26)/t17-,18+,19-,20+,21+/m0/s1. The van der Waals surface area contributed by atoms with Gasteiger partial charge in [-0.15, -0.1) is 0 Å². The Balaban J connectivity index is 1.49. The zero-order valence-electron chi connectivity index (χ0n) is 15.9. The number of carbonyl (C=O) groups is 1. The highest BCUT2D eigenvalue weighted by atomic mass is 16.3. The lowest BCUT2D eigenvalue weighted by Crippen LogP contribution is -2.22. The van der Waals surface area contributed by atoms with Crippen LogP contribution in [-0.4, -0.2) is 28.3 Å². The molecule has 0 unspecified atom stereocenters. The van der Waals surface area contributed by atoms with E-state index in [1.165, 1.54) is 24.8 Å². The SMILES string of the molecule is NC(=O)CCCCC1=C[C@H]2C[C@@H](O)[C@H](C=C[C@@H](O)C3CCCCC3)[C@H]2C1. The zero-order chi connectivity index (χ0) is 18.5. The largest absolute Gasteiger partial charge is 0.392 e. The third-order valence-corrected chi connectivity index (χ3v) is 6.78. The topological polar surface area (TPSA) is 83.6 Å². The Bertz CT molecular complexity index is 536. The van der Waals surface area contributed by atoms with Crippen LogP contribution in [0.5, 0.6) is 0 Å². The second-order valence-electron chi connectivity index (χ2n) is 8.68. The lowest BCUT2D eigenvalue weighted by Gasteiger charge is -2.25. The Morgan fingerprint density at radius 3 is 2.77 bits per heavy atom. The number of allylic oxidation sites excluding steroid dienone is 2. The Kier molecular flexibility index (Phi) is 6.93. The van der Waals surface area contributed by atoms with E-state index in [0.29, 0.717) is 24.2 Å². The summed E-state index contributed by atoms with van der Waals surface area (Å²) < 4.78 is 0. The van der Waals surface area contributed by atoms with Crippen molar-refractivity contribution in [2.75, 3.05) is 0 Å². The van der Waals surface area contributed by atoms with Crippen LogP contribution >= 0.6 is 0 Å². The molecule has 0 aliphatic heterocycles. The minimum absolute atomic E-state index is 0.164. The minimum atomic E-state index is -0.357. The molecule has 146 valence electrons. The van der Waals surface area contributed by atoms with Crippen molar-refractivity contribution in [1.29, 1.82) is 0 Å². The van der Waals surface area contributed by atoms with E-state index in [2.05, 4.69) is 12.2 Å². The maximum Gasteiger partial charge on any atom is 0.217 e. The molecule has 4 heteroatoms. The number of unbranched alkanes of at least 4 members (excludes halogenated alkanes) is 1. The van der Waals surface area contributed by atoms with Crippen molar-refractivity contribution in [3.05, 3.63) is 23.8 Å². The predicted octanol–water partition coefficient (Wildman–Crippen LogP) is 3.47. The van der Waals surface area contributed by atoms with E-state index >= 15 is 0 Å². The van der Waals surface area contributed by atoms with Gasteiger partial charge >= 0.3 is 0 Å². The van der Waals surface area contributed by atoms with Gasteiger partial charge in [-0.2, -0.15) is 0 Å². The number of aliphatic hydroxyl groups is 2. The van der Waals surface area contributed by atoms with Crippen molar-refractivity contribution in [2.24, 2.45) is 29.4 Å². The summed E-state index contributed by atoms with van der Waals surface area (Å²) >= 11 is 0. The number of amides is 1. The molecular weight excluding hydrogens is 326 g/mol. The molecule has 0 heterocycles. The van der Waals surface area contributed by atoms with Gasteiger partial charge in [0, 0.05) is 12.3 Å². The maximum atomic E-state index is 10.8. The molecule has 0 bridgehead atoms. The molecule has 1 amide bonds. The summed E-state index contributed by atoms with van der Waals surface area (Å²) in [6, 6.07) is 0. The van der Waals surface area contributed by atoms with Crippen molar-refractivity contribution in [2.45, 2.75) is 82.8 Å². The fourth-order valence-corrected chi connectivity index (χ4v) is 5.32. The van der Waals surface area contributed by atoms with Crippen molar-refractivity contribution < 1.29 is 15.0 Å². The highest BCUT2D eigenvalue weighted by Crippen LogP contribution is 2.48. The average molecular weight is 362 g/mol. The molecule has 0 aromatic carbocycles. The molecule has 4 nitrogen and oxygen atoms in total. The number of rotatable bonds is 8. The summed E-state index contributed by atoms with van der Waals surface area (Å²) in [6.45, 7) is 0. The van der Waals surface area contributed by atoms with Crippen LogP contribution in [0.25, 0.3) is 0 Å². The van der Waals surface area contributed by atoms with Gasteiger partial charge in [-0.05, 0) is 62.7 Å². The van der Waals surface area contributed by atoms with E-state index in [-0.39, 0.29) is 24.0 Å². The van der Waals surface area contributed by atoms with Crippen LogP contribution in [0, 0.1) is 23.7 Å². The molecule has 26 heavy (non-hydrogen) atoms. The van der Waals surface area contributed by atoms with Crippen LogP contribution in [0.1, 0.15) is 70.6 Å². The molecule has 0 saturated heterocycles. The van der Waals surface area contributed by atoms with Gasteiger partial charge < -0.3 is 15.9 Å². The Morgan fingerprint density at radius 1 is 1.27 bits per heavy atom. The fraction of sp³-hybridized carbons (Fsp3) is 0.773. The minimum Gasteiger partial charge on any atom is -0.392 e. The van der Waals surface area contributed by atoms with Gasteiger partial charge in [0.2, 0.25) is 5.91 Å². The maximum absolute atomic E-state index is 10.8. The molecule has 4 N–H and O–H groups in total. The molecule has 3 aliphatic rings. The van der Waals surface area contributed by atoms with E-state index in [1.54, 1.807) is 0 Å². The highest BCUT2D eigenvalue weighted by molar-refractivity contribution is 5.73. The predicted molar refractivity (Wildman–Crippen MR) is 103 cm³/mol. The smallest absolute Gasteiger partial charge is 0.217 e. The highest BCUT2D eigenvalue weighted by Gasteiger charge is 2.43. The number of aliphatic hydroxyl groups excluding tert-OH is 2. The van der Waals surface area contributed by atoms with Gasteiger partial charge in [-0.25, -0.2) is 0 Å². The van der Waals surface area contributed by atoms with Crippen molar-refractivity contribution in [3.63, 3.8) is 0 Å². The Hall–Kier alpha value is -1.13. The Morgan fingerprint density at radius 2 is 2.04 bits per heavy atom. The second kappa shape index (κ2) is 9.18. The van der Waals surface area contributed by atoms with Gasteiger partial charge in [0.1, 0.15) is 0 Å². The van der Waals surface area contributed by atoms with E-state index in [4.69, 9.17) is 5.73 Å². The quantitative estimate of drug-likeness (QED) is 0.457. The number of hydrogen-bond acceptors (Lipinski definition) is 3. The summed E-state index contributed by atoms with van der Waals surface area (Å²) in [4.78, 5) is 10.8. The number of carbonyl (C=O) groups excluding carboxylic acids is 1. The normalized spacial score (nSPS) is 33.4. The molecular formula is C22H35NO3. The summed E-state index contributed by atoms with van der Waals surface area (Å²) in [5.41, 5.74) is 6.67. The average Bonchev–Trinajstić information content (AvgIpc) is 3.14. The van der Waals surface area contributed by atoms with E-state index in [0.717, 1.165) is 44.9 Å². The summed E-state index contributed by atoms with van der Waals surface area (Å²) in [5, 5.41) is 20.9. The molecule has 3 rings (SSSR count). The molecule has 5 atom stereocenters. The first-order valence-corrected chi connectivity index (χ1v) is 10.6. The molecule has 2 fully saturated rings. The van der Waals surface area contributed by atoms with E-state index in [9.17, 15) is 15.0 Å². The number of fused-ring (bicyclic) bond motifs is 1. The van der Waals surface area contributed by atoms with Crippen molar-refractivity contribution in [1.82, 2.24) is 0 Å². The van der Waals surface area contributed by atoms with Gasteiger partial charge in [0.25, 0.3) is 0 Å². The van der Waals surface area contributed by atoms with E-state index < -0.39 is 0 Å². The molecule has 3 aliphatic carbocycles. The van der Waals surface area contributed by atoms with Crippen LogP contribution < -0.4 is 5.73 Å². The van der Waals surface area contributed by atoms with Crippen LogP contribution in [-0.2, 0) is 4.79 Å². The third kappa shape index (κ3) is 4.98. The number of hydrogen-bond donors (Lipinski definition) is 3. The molecule has 0 aromatic rings. The van der Waals surface area contributed by atoms with Crippen LogP contribution in [0.15, 0.2) is 23.8 Å². The molecule has 2 saturated carbocycles. The van der Waals surface area contributed by atoms with E-state index in [1.807, 2.05) is 6.08 Å². The van der Waals surface area contributed by atoms with Crippen molar-refractivity contribution in [3.8, 4) is 0 Å². The lowest BCUT2D eigenvalue weighted by molar-refractivity contribution is -0.118. The first-order chi connectivity index (χ1) is 12.5. The van der Waals surface area contributed by atoms with Gasteiger partial charge in [-0.1, -0.05) is 43.1 Å². The van der Waals surface area contributed by atoms with Gasteiger partial charge in [0.05, 0.1) is 12.2 Å². The molecule has 0 radical (unpaired) electrons. The van der Waals surface area contributed by atoms with Crippen LogP contribution in [0.4, 0.5) is 0 Å². The fourth-order valence-electron chi connectivity index (χ4n) is 5.32. The summed E-state index contributed by atoms with van der Waals surface area (Å²) in [7, 11) is 0. The third-order valence-electron chi connectivity index (χ3n) is 6.78. The molecule has 0 aromatic heterocycles. The Labute approximate surface area is 157 Å². The zero-order valence-corrected chi connectivity index (χ0v) is 15.9. The lowest BCUT2D eigenvalue weighted by atomic mass is 9.83. The van der Waals surface area contributed by atoms with Gasteiger partial charge in [-0.3, -0.25) is 4.79 Å². The first kappa shape index (κ1) is 19.6. The molecule has 0 spiro atoms. The summed E-state index contributed by atoms with van der Waals surface area (Å²) in [6.07, 6.45) is 17.1.